The van der Waals surface area contributed by atoms with Gasteiger partial charge in [0.25, 0.3) is 0 Å². The van der Waals surface area contributed by atoms with Crippen LogP contribution < -0.4 is 25.4 Å². The van der Waals surface area contributed by atoms with Gasteiger partial charge in [0.2, 0.25) is 5.75 Å². The van der Waals surface area contributed by atoms with Gasteiger partial charge in [0.15, 0.2) is 5.75 Å². The van der Waals surface area contributed by atoms with Gasteiger partial charge in [0.1, 0.15) is 10.6 Å². The highest BCUT2D eigenvalue weighted by Gasteiger charge is 2.24. The summed E-state index contributed by atoms with van der Waals surface area (Å²) < 4.78 is 30.5. The minimum Gasteiger partial charge on any atom is -0.398 e. The van der Waals surface area contributed by atoms with Crippen molar-refractivity contribution in [1.82, 2.24) is 0 Å². The quantitative estimate of drug-likeness (QED) is 0.149. The van der Waals surface area contributed by atoms with Crippen LogP contribution in [0, 0.1) is 0 Å². The maximum atomic E-state index is 12.6. The molecular formula is C27H26N2O5S. The van der Waals surface area contributed by atoms with E-state index in [9.17, 15) is 8.42 Å². The molecule has 0 saturated heterocycles. The largest absolute Gasteiger partial charge is 0.398 e. The number of rotatable bonds is 8. The van der Waals surface area contributed by atoms with Gasteiger partial charge >= 0.3 is 10.1 Å². The maximum Gasteiger partial charge on any atom is 0.341 e. The Labute approximate surface area is 204 Å². The van der Waals surface area contributed by atoms with Crippen LogP contribution in [-0.4, -0.2) is 8.42 Å². The Hall–Kier alpha value is -4.17. The Bertz CT molecular complexity index is 1420. The summed E-state index contributed by atoms with van der Waals surface area (Å²) in [5, 5.41) is 0. The Balaban J connectivity index is 1.46. The summed E-state index contributed by atoms with van der Waals surface area (Å²) in [5.41, 5.74) is 13.9. The molecule has 0 aliphatic carbocycles. The molecule has 0 radical (unpaired) electrons. The molecule has 0 bridgehead atoms. The standard InChI is InChI=1S/C27H26N2O5S/c1-27(2,19-11-15-21(16-12-19)32-33-25-9-5-3-7-23(25)28)20-13-17-22(18-14-20)34-35(30,31)26-10-6-4-8-24(26)29/h3-18H,28-29H2,1-2H3. The normalized spacial score (nSPS) is 11.6. The van der Waals surface area contributed by atoms with E-state index in [4.69, 9.17) is 25.4 Å². The molecule has 4 rings (SSSR count). The maximum absolute atomic E-state index is 12.6. The summed E-state index contributed by atoms with van der Waals surface area (Å²) in [5.74, 6) is 1.17. The van der Waals surface area contributed by atoms with Gasteiger partial charge in [-0.15, -0.1) is 0 Å². The molecule has 0 aromatic heterocycles. The molecule has 0 spiro atoms. The first-order chi connectivity index (χ1) is 16.7. The van der Waals surface area contributed by atoms with Crippen molar-refractivity contribution >= 4 is 21.5 Å². The van der Waals surface area contributed by atoms with Crippen molar-refractivity contribution in [2.24, 2.45) is 0 Å². The van der Waals surface area contributed by atoms with Gasteiger partial charge < -0.3 is 15.7 Å². The van der Waals surface area contributed by atoms with Gasteiger partial charge in [0.05, 0.1) is 11.4 Å². The number of hydrogen-bond acceptors (Lipinski definition) is 7. The fourth-order valence-corrected chi connectivity index (χ4v) is 4.61. The van der Waals surface area contributed by atoms with Crippen molar-refractivity contribution in [3.05, 3.63) is 108 Å². The summed E-state index contributed by atoms with van der Waals surface area (Å²) in [4.78, 5) is 10.7. The van der Waals surface area contributed by atoms with E-state index in [-0.39, 0.29) is 21.7 Å². The molecule has 4 aromatic rings. The topological polar surface area (TPSA) is 114 Å². The molecule has 0 aliphatic heterocycles. The first-order valence-electron chi connectivity index (χ1n) is 10.9. The minimum absolute atomic E-state index is 0.0642. The van der Waals surface area contributed by atoms with Crippen LogP contribution in [0.5, 0.6) is 17.2 Å². The zero-order chi connectivity index (χ0) is 25.1. The lowest BCUT2D eigenvalue weighted by atomic mass is 9.78. The highest BCUT2D eigenvalue weighted by Crippen LogP contribution is 2.34. The van der Waals surface area contributed by atoms with Crippen LogP contribution in [0.2, 0.25) is 0 Å². The van der Waals surface area contributed by atoms with Crippen molar-refractivity contribution in [1.29, 1.82) is 0 Å². The van der Waals surface area contributed by atoms with Gasteiger partial charge in [-0.2, -0.15) is 8.42 Å². The molecule has 35 heavy (non-hydrogen) atoms. The van der Waals surface area contributed by atoms with Crippen LogP contribution in [0.4, 0.5) is 11.4 Å². The summed E-state index contributed by atoms with van der Waals surface area (Å²) >= 11 is 0. The van der Waals surface area contributed by atoms with Crippen molar-refractivity contribution < 1.29 is 22.4 Å². The van der Waals surface area contributed by atoms with Crippen LogP contribution >= 0.6 is 0 Å². The van der Waals surface area contributed by atoms with E-state index in [1.807, 2.05) is 48.5 Å². The van der Waals surface area contributed by atoms with E-state index in [1.54, 1.807) is 36.4 Å². The van der Waals surface area contributed by atoms with E-state index >= 15 is 0 Å². The fourth-order valence-electron chi connectivity index (χ4n) is 3.55. The second kappa shape index (κ2) is 9.60. The molecule has 7 nitrogen and oxygen atoms in total. The van der Waals surface area contributed by atoms with Crippen LogP contribution in [0.25, 0.3) is 0 Å². The molecule has 4 aromatic carbocycles. The zero-order valence-corrected chi connectivity index (χ0v) is 20.2. The lowest BCUT2D eigenvalue weighted by Crippen LogP contribution is -2.19. The van der Waals surface area contributed by atoms with E-state index in [0.29, 0.717) is 17.2 Å². The summed E-state index contributed by atoms with van der Waals surface area (Å²) in [6.07, 6.45) is 0. The predicted molar refractivity (Wildman–Crippen MR) is 136 cm³/mol. The summed E-state index contributed by atoms with van der Waals surface area (Å²) in [7, 11) is -4.04. The van der Waals surface area contributed by atoms with Crippen LogP contribution in [0.3, 0.4) is 0 Å². The molecule has 0 atom stereocenters. The Morgan fingerprint density at radius 1 is 0.629 bits per heavy atom. The molecule has 4 N–H and O–H groups in total. The molecule has 0 amide bonds. The van der Waals surface area contributed by atoms with Crippen molar-refractivity contribution in [3.63, 3.8) is 0 Å². The SMILES string of the molecule is CC(C)(c1ccc(OOc2ccccc2N)cc1)c1ccc(OS(=O)(=O)c2ccccc2N)cc1. The van der Waals surface area contributed by atoms with Crippen LogP contribution in [0.15, 0.2) is 102 Å². The number of nitrogens with two attached hydrogens (primary N) is 2. The number of anilines is 2. The van der Waals surface area contributed by atoms with Crippen molar-refractivity contribution in [2.75, 3.05) is 11.5 Å². The first kappa shape index (κ1) is 24.0. The lowest BCUT2D eigenvalue weighted by molar-refractivity contribution is -0.0991. The Morgan fingerprint density at radius 3 is 1.71 bits per heavy atom. The average Bonchev–Trinajstić information content (AvgIpc) is 2.84. The average molecular weight is 491 g/mol. The molecule has 0 fully saturated rings. The predicted octanol–water partition coefficient (Wildman–Crippen LogP) is 5.32. The molecule has 180 valence electrons. The molecule has 0 saturated carbocycles. The monoisotopic (exact) mass is 490 g/mol. The van der Waals surface area contributed by atoms with E-state index in [0.717, 1.165) is 11.1 Å². The second-order valence-corrected chi connectivity index (χ2v) is 9.97. The molecule has 0 aliphatic rings. The second-order valence-electron chi connectivity index (χ2n) is 8.45. The summed E-state index contributed by atoms with van der Waals surface area (Å²) in [6.45, 7) is 4.14. The van der Waals surface area contributed by atoms with Crippen LogP contribution in [-0.2, 0) is 15.5 Å². The van der Waals surface area contributed by atoms with E-state index in [2.05, 4.69) is 13.8 Å². The van der Waals surface area contributed by atoms with Crippen molar-refractivity contribution in [3.8, 4) is 17.2 Å². The van der Waals surface area contributed by atoms with Gasteiger partial charge in [-0.1, -0.05) is 62.4 Å². The molecule has 8 heteroatoms. The third kappa shape index (κ3) is 5.33. The third-order valence-electron chi connectivity index (χ3n) is 5.69. The van der Waals surface area contributed by atoms with E-state index < -0.39 is 10.1 Å². The van der Waals surface area contributed by atoms with E-state index in [1.165, 1.54) is 12.1 Å². The smallest absolute Gasteiger partial charge is 0.341 e. The third-order valence-corrected chi connectivity index (χ3v) is 7.02. The van der Waals surface area contributed by atoms with Crippen LogP contribution in [0.1, 0.15) is 25.0 Å². The Morgan fingerprint density at radius 2 is 1.14 bits per heavy atom. The molecule has 0 unspecified atom stereocenters. The minimum atomic E-state index is -4.04. The Kier molecular flexibility index (Phi) is 6.57. The molecular weight excluding hydrogens is 464 g/mol. The zero-order valence-electron chi connectivity index (χ0n) is 19.3. The highest BCUT2D eigenvalue weighted by molar-refractivity contribution is 7.87. The number of benzene rings is 4. The van der Waals surface area contributed by atoms with Gasteiger partial charge in [0, 0.05) is 5.41 Å². The number of para-hydroxylation sites is 3. The van der Waals surface area contributed by atoms with Crippen molar-refractivity contribution in [2.45, 2.75) is 24.2 Å². The summed E-state index contributed by atoms with van der Waals surface area (Å²) in [6, 6.07) is 27.7. The number of nitrogen functional groups attached to an aromatic ring is 2. The fraction of sp³-hybridized carbons (Fsp3) is 0.111. The molecule has 0 heterocycles. The first-order valence-corrected chi connectivity index (χ1v) is 12.3. The van der Waals surface area contributed by atoms with Gasteiger partial charge in [-0.3, -0.25) is 9.78 Å². The van der Waals surface area contributed by atoms with Gasteiger partial charge in [-0.25, -0.2) is 0 Å². The highest BCUT2D eigenvalue weighted by atomic mass is 32.2. The lowest BCUT2D eigenvalue weighted by Gasteiger charge is -2.26. The van der Waals surface area contributed by atoms with Gasteiger partial charge in [-0.05, 0) is 59.7 Å². The number of hydrogen-bond donors (Lipinski definition) is 2.